The standard InChI is InChI=1S/C11H7ClN4O2/c12-9-2-1-7(4-13)10(3-9)8-5-14-11(15-6-8)16(17)18/h2-3,5-7H,1H2. The number of nitro groups is 1. The predicted octanol–water partition coefficient (Wildman–Crippen LogP) is 2.43. The number of nitrogens with zero attached hydrogens (tertiary/aromatic N) is 4. The highest BCUT2D eigenvalue weighted by atomic mass is 35.5. The molecule has 0 saturated heterocycles. The second-order valence-corrected chi connectivity index (χ2v) is 4.07. The molecule has 0 spiro atoms. The van der Waals surface area contributed by atoms with Crippen molar-refractivity contribution < 1.29 is 4.92 Å². The van der Waals surface area contributed by atoms with Gasteiger partial charge in [0.15, 0.2) is 0 Å². The summed E-state index contributed by atoms with van der Waals surface area (Å²) in [5.74, 6) is -0.803. The van der Waals surface area contributed by atoms with Crippen molar-refractivity contribution in [2.75, 3.05) is 0 Å². The molecular formula is C11H7ClN4O2. The largest absolute Gasteiger partial charge is 0.468 e. The SMILES string of the molecule is N#CC1CC=C(Cl)C=C1c1cnc([N+](=O)[O-])nc1. The normalized spacial score (nSPS) is 18.6. The number of aromatic nitrogens is 2. The van der Waals surface area contributed by atoms with E-state index in [2.05, 4.69) is 16.0 Å². The van der Waals surface area contributed by atoms with Crippen LogP contribution in [0, 0.1) is 27.4 Å². The number of rotatable bonds is 2. The van der Waals surface area contributed by atoms with Crippen molar-refractivity contribution in [3.8, 4) is 6.07 Å². The minimum Gasteiger partial charge on any atom is -0.390 e. The summed E-state index contributed by atoms with van der Waals surface area (Å²) in [6, 6.07) is 2.15. The first-order chi connectivity index (χ1) is 8.61. The molecule has 0 N–H and O–H groups in total. The smallest absolute Gasteiger partial charge is 0.390 e. The summed E-state index contributed by atoms with van der Waals surface area (Å²) in [6.45, 7) is 0. The van der Waals surface area contributed by atoms with Crippen LogP contribution in [0.25, 0.3) is 5.57 Å². The molecule has 0 radical (unpaired) electrons. The van der Waals surface area contributed by atoms with Gasteiger partial charge in [0, 0.05) is 10.6 Å². The molecule has 0 saturated carbocycles. The van der Waals surface area contributed by atoms with Crippen LogP contribution in [0.15, 0.2) is 29.6 Å². The van der Waals surface area contributed by atoms with Crippen LogP contribution in [0.4, 0.5) is 5.95 Å². The molecule has 0 fully saturated rings. The molecule has 1 aliphatic rings. The molecule has 6 nitrogen and oxygen atoms in total. The van der Waals surface area contributed by atoms with Crippen molar-refractivity contribution >= 4 is 23.1 Å². The second kappa shape index (κ2) is 4.94. The Bertz CT molecular complexity index is 586. The van der Waals surface area contributed by atoms with Crippen molar-refractivity contribution in [1.29, 1.82) is 5.26 Å². The van der Waals surface area contributed by atoms with Gasteiger partial charge in [-0.15, -0.1) is 0 Å². The van der Waals surface area contributed by atoms with E-state index in [0.717, 1.165) is 0 Å². The van der Waals surface area contributed by atoms with Gasteiger partial charge < -0.3 is 10.1 Å². The zero-order chi connectivity index (χ0) is 13.1. The summed E-state index contributed by atoms with van der Waals surface area (Å²) in [5, 5.41) is 20.0. The highest BCUT2D eigenvalue weighted by Crippen LogP contribution is 2.32. The van der Waals surface area contributed by atoms with Gasteiger partial charge in [-0.05, 0) is 23.0 Å². The molecule has 2 rings (SSSR count). The maximum Gasteiger partial charge on any atom is 0.468 e. The van der Waals surface area contributed by atoms with Gasteiger partial charge >= 0.3 is 5.95 Å². The lowest BCUT2D eigenvalue weighted by molar-refractivity contribution is -0.394. The Balaban J connectivity index is 2.38. The number of nitriles is 1. The zero-order valence-electron chi connectivity index (χ0n) is 9.08. The first-order valence-corrected chi connectivity index (χ1v) is 5.43. The Kier molecular flexibility index (Phi) is 3.35. The van der Waals surface area contributed by atoms with Crippen LogP contribution in [-0.2, 0) is 0 Å². The van der Waals surface area contributed by atoms with Crippen molar-refractivity contribution in [2.45, 2.75) is 6.42 Å². The second-order valence-electron chi connectivity index (χ2n) is 3.63. The summed E-state index contributed by atoms with van der Waals surface area (Å²) >= 11 is 5.89. The average Bonchev–Trinajstić information content (AvgIpc) is 2.39. The molecule has 90 valence electrons. The van der Waals surface area contributed by atoms with Gasteiger partial charge in [-0.3, -0.25) is 0 Å². The Morgan fingerprint density at radius 2 is 2.17 bits per heavy atom. The van der Waals surface area contributed by atoms with Crippen molar-refractivity contribution in [2.24, 2.45) is 5.92 Å². The Hall–Kier alpha value is -2.26. The van der Waals surface area contributed by atoms with Crippen LogP contribution in [0.3, 0.4) is 0 Å². The monoisotopic (exact) mass is 262 g/mol. The quantitative estimate of drug-likeness (QED) is 0.603. The molecule has 0 aromatic carbocycles. The minimum absolute atomic E-state index is 0.336. The molecule has 1 aromatic rings. The van der Waals surface area contributed by atoms with Crippen LogP contribution in [-0.4, -0.2) is 14.9 Å². The molecule has 1 atom stereocenters. The van der Waals surface area contributed by atoms with E-state index in [9.17, 15) is 10.1 Å². The van der Waals surface area contributed by atoms with Crippen LogP contribution < -0.4 is 0 Å². The molecular weight excluding hydrogens is 256 g/mol. The molecule has 1 unspecified atom stereocenters. The summed E-state index contributed by atoms with van der Waals surface area (Å²) in [4.78, 5) is 17.0. The van der Waals surface area contributed by atoms with Crippen LogP contribution in [0.1, 0.15) is 12.0 Å². The maximum absolute atomic E-state index is 10.4. The number of hydrogen-bond acceptors (Lipinski definition) is 5. The summed E-state index contributed by atoms with van der Waals surface area (Å²) in [7, 11) is 0. The minimum atomic E-state index is -0.673. The topological polar surface area (TPSA) is 92.7 Å². The molecule has 0 amide bonds. The number of hydrogen-bond donors (Lipinski definition) is 0. The van der Waals surface area contributed by atoms with Gasteiger partial charge in [0.25, 0.3) is 0 Å². The van der Waals surface area contributed by atoms with Gasteiger partial charge in [-0.25, -0.2) is 0 Å². The van der Waals surface area contributed by atoms with Crippen LogP contribution >= 0.6 is 11.6 Å². The van der Waals surface area contributed by atoms with Crippen molar-refractivity contribution in [1.82, 2.24) is 9.97 Å². The number of halogens is 1. The van der Waals surface area contributed by atoms with E-state index in [1.54, 1.807) is 12.2 Å². The summed E-state index contributed by atoms with van der Waals surface area (Å²) in [5.41, 5.74) is 1.25. The fourth-order valence-corrected chi connectivity index (χ4v) is 1.84. The van der Waals surface area contributed by atoms with E-state index in [1.807, 2.05) is 0 Å². The Morgan fingerprint density at radius 1 is 1.50 bits per heavy atom. The average molecular weight is 263 g/mol. The Morgan fingerprint density at radius 3 is 2.72 bits per heavy atom. The summed E-state index contributed by atoms with van der Waals surface area (Å²) < 4.78 is 0. The third-order valence-corrected chi connectivity index (χ3v) is 2.77. The van der Waals surface area contributed by atoms with Gasteiger partial charge in [-0.1, -0.05) is 27.6 Å². The highest BCUT2D eigenvalue weighted by Gasteiger charge is 2.21. The zero-order valence-corrected chi connectivity index (χ0v) is 9.83. The molecule has 1 aliphatic carbocycles. The van der Waals surface area contributed by atoms with E-state index >= 15 is 0 Å². The Labute approximate surface area is 107 Å². The lowest BCUT2D eigenvalue weighted by Gasteiger charge is -2.14. The van der Waals surface area contributed by atoms with E-state index in [1.165, 1.54) is 12.4 Å². The van der Waals surface area contributed by atoms with Crippen molar-refractivity contribution in [3.05, 3.63) is 45.3 Å². The third-order valence-electron chi connectivity index (χ3n) is 2.51. The maximum atomic E-state index is 10.4. The summed E-state index contributed by atoms with van der Waals surface area (Å²) in [6.07, 6.45) is 6.58. The third kappa shape index (κ3) is 2.36. The fourth-order valence-electron chi connectivity index (χ4n) is 1.64. The lowest BCUT2D eigenvalue weighted by Crippen LogP contribution is -2.05. The first-order valence-electron chi connectivity index (χ1n) is 5.05. The molecule has 7 heteroatoms. The van der Waals surface area contributed by atoms with Crippen molar-refractivity contribution in [3.63, 3.8) is 0 Å². The molecule has 1 heterocycles. The van der Waals surface area contributed by atoms with E-state index in [0.29, 0.717) is 22.6 Å². The molecule has 0 bridgehead atoms. The van der Waals surface area contributed by atoms with Crippen LogP contribution in [0.2, 0.25) is 0 Å². The predicted molar refractivity (Wildman–Crippen MR) is 64.3 cm³/mol. The van der Waals surface area contributed by atoms with E-state index in [4.69, 9.17) is 16.9 Å². The molecule has 1 aromatic heterocycles. The first kappa shape index (κ1) is 12.2. The number of allylic oxidation sites excluding steroid dienone is 4. The fraction of sp³-hybridized carbons (Fsp3) is 0.182. The van der Waals surface area contributed by atoms with Crippen LogP contribution in [0.5, 0.6) is 0 Å². The van der Waals surface area contributed by atoms with E-state index in [-0.39, 0.29) is 5.92 Å². The van der Waals surface area contributed by atoms with Gasteiger partial charge in [-0.2, -0.15) is 5.26 Å². The molecule has 0 aliphatic heterocycles. The highest BCUT2D eigenvalue weighted by molar-refractivity contribution is 6.31. The lowest BCUT2D eigenvalue weighted by atomic mass is 9.89. The molecule has 18 heavy (non-hydrogen) atoms. The van der Waals surface area contributed by atoms with Gasteiger partial charge in [0.2, 0.25) is 0 Å². The van der Waals surface area contributed by atoms with E-state index < -0.39 is 10.9 Å². The van der Waals surface area contributed by atoms with Gasteiger partial charge in [0.1, 0.15) is 12.4 Å². The van der Waals surface area contributed by atoms with Gasteiger partial charge in [0.05, 0.1) is 12.0 Å².